The van der Waals surface area contributed by atoms with Crippen LogP contribution in [0.3, 0.4) is 0 Å². The number of halogens is 2. The molecule has 2 aliphatic heterocycles. The SMILES string of the molecule is C[C@H]1CN(C(=O)CC[C@H]2NC(=O)NC2=O)CCc2ccc(Cl)c(F)c21. The van der Waals surface area contributed by atoms with Crippen LogP contribution < -0.4 is 10.6 Å². The van der Waals surface area contributed by atoms with Gasteiger partial charge in [0.2, 0.25) is 5.91 Å². The number of nitrogens with one attached hydrogen (secondary N) is 2. The number of fused-ring (bicyclic) bond motifs is 1. The minimum atomic E-state index is -0.672. The van der Waals surface area contributed by atoms with E-state index < -0.39 is 23.8 Å². The first-order valence-corrected chi connectivity index (χ1v) is 8.60. The minimum Gasteiger partial charge on any atom is -0.342 e. The molecule has 1 saturated heterocycles. The fraction of sp³-hybridized carbons (Fsp3) is 0.471. The number of benzene rings is 1. The van der Waals surface area contributed by atoms with Gasteiger partial charge in [0, 0.05) is 25.4 Å². The van der Waals surface area contributed by atoms with Gasteiger partial charge in [-0.25, -0.2) is 9.18 Å². The predicted octanol–water partition coefficient (Wildman–Crippen LogP) is 1.96. The summed E-state index contributed by atoms with van der Waals surface area (Å²) in [7, 11) is 0. The number of carbonyl (C=O) groups excluding carboxylic acids is 3. The van der Waals surface area contributed by atoms with Crippen LogP contribution in [0.15, 0.2) is 12.1 Å². The number of urea groups is 1. The highest BCUT2D eigenvalue weighted by Gasteiger charge is 2.31. The molecule has 0 aromatic heterocycles. The molecular formula is C17H19ClFN3O3. The zero-order valence-corrected chi connectivity index (χ0v) is 14.5. The van der Waals surface area contributed by atoms with E-state index in [0.29, 0.717) is 25.1 Å². The first kappa shape index (κ1) is 17.7. The van der Waals surface area contributed by atoms with Gasteiger partial charge >= 0.3 is 6.03 Å². The number of hydrogen-bond acceptors (Lipinski definition) is 3. The normalized spacial score (nSPS) is 22.9. The average Bonchev–Trinajstić information content (AvgIpc) is 2.78. The molecule has 1 fully saturated rings. The number of imide groups is 1. The molecule has 2 aliphatic rings. The first-order chi connectivity index (χ1) is 11.9. The fourth-order valence-corrected chi connectivity index (χ4v) is 3.61. The summed E-state index contributed by atoms with van der Waals surface area (Å²) in [5, 5.41) is 4.71. The maximum absolute atomic E-state index is 14.4. The molecular weight excluding hydrogens is 349 g/mol. The van der Waals surface area contributed by atoms with Crippen molar-refractivity contribution in [2.45, 2.75) is 38.1 Å². The first-order valence-electron chi connectivity index (χ1n) is 8.22. The molecule has 1 aromatic rings. The topological polar surface area (TPSA) is 78.5 Å². The third kappa shape index (κ3) is 3.61. The molecule has 8 heteroatoms. The molecule has 4 amide bonds. The van der Waals surface area contributed by atoms with Crippen molar-refractivity contribution in [1.29, 1.82) is 0 Å². The van der Waals surface area contributed by atoms with Crippen molar-refractivity contribution in [2.24, 2.45) is 0 Å². The molecule has 0 spiro atoms. The second kappa shape index (κ2) is 7.00. The van der Waals surface area contributed by atoms with Gasteiger partial charge in [-0.2, -0.15) is 0 Å². The molecule has 0 saturated carbocycles. The lowest BCUT2D eigenvalue weighted by Crippen LogP contribution is -2.36. The van der Waals surface area contributed by atoms with E-state index in [2.05, 4.69) is 10.6 Å². The molecule has 6 nitrogen and oxygen atoms in total. The smallest absolute Gasteiger partial charge is 0.322 e. The Bertz CT molecular complexity index is 740. The minimum absolute atomic E-state index is 0.0911. The molecule has 2 N–H and O–H groups in total. The summed E-state index contributed by atoms with van der Waals surface area (Å²) in [6, 6.07) is 2.15. The molecule has 0 radical (unpaired) electrons. The highest BCUT2D eigenvalue weighted by Crippen LogP contribution is 2.31. The van der Waals surface area contributed by atoms with Crippen LogP contribution >= 0.6 is 11.6 Å². The lowest BCUT2D eigenvalue weighted by atomic mass is 9.95. The van der Waals surface area contributed by atoms with Gasteiger partial charge in [-0.3, -0.25) is 14.9 Å². The zero-order chi connectivity index (χ0) is 18.1. The van der Waals surface area contributed by atoms with Crippen LogP contribution in [0.25, 0.3) is 0 Å². The Morgan fingerprint density at radius 2 is 2.16 bits per heavy atom. The van der Waals surface area contributed by atoms with Gasteiger partial charge in [-0.05, 0) is 30.0 Å². The van der Waals surface area contributed by atoms with Gasteiger partial charge in [0.1, 0.15) is 11.9 Å². The standard InChI is InChI=1S/C17H19ClFN3O3/c1-9-8-22(7-6-10-2-3-11(18)15(19)14(9)10)13(23)5-4-12-16(24)21-17(25)20-12/h2-3,9,12H,4-8H2,1H3,(H2,20,21,24,25)/t9-,12+/m0/s1. The summed E-state index contributed by atoms with van der Waals surface area (Å²) in [6.45, 7) is 2.75. The number of hydrogen-bond donors (Lipinski definition) is 2. The molecule has 25 heavy (non-hydrogen) atoms. The Balaban J connectivity index is 1.65. The van der Waals surface area contributed by atoms with E-state index in [4.69, 9.17) is 11.6 Å². The number of carbonyl (C=O) groups is 3. The van der Waals surface area contributed by atoms with Crippen molar-refractivity contribution in [3.05, 3.63) is 34.1 Å². The maximum atomic E-state index is 14.4. The van der Waals surface area contributed by atoms with E-state index in [1.165, 1.54) is 0 Å². The second-order valence-corrected chi connectivity index (χ2v) is 6.89. The van der Waals surface area contributed by atoms with Crippen molar-refractivity contribution >= 4 is 29.4 Å². The average molecular weight is 368 g/mol. The van der Waals surface area contributed by atoms with Crippen molar-refractivity contribution in [1.82, 2.24) is 15.5 Å². The third-order valence-electron chi connectivity index (χ3n) is 4.72. The van der Waals surface area contributed by atoms with E-state index >= 15 is 0 Å². The molecule has 0 bridgehead atoms. The van der Waals surface area contributed by atoms with Crippen LogP contribution in [0.5, 0.6) is 0 Å². The Morgan fingerprint density at radius 3 is 2.84 bits per heavy atom. The van der Waals surface area contributed by atoms with Gasteiger partial charge in [0.05, 0.1) is 5.02 Å². The Kier molecular flexibility index (Phi) is 4.94. The quantitative estimate of drug-likeness (QED) is 0.801. The molecule has 134 valence electrons. The molecule has 0 unspecified atom stereocenters. The van der Waals surface area contributed by atoms with Crippen molar-refractivity contribution < 1.29 is 18.8 Å². The van der Waals surface area contributed by atoms with E-state index in [9.17, 15) is 18.8 Å². The van der Waals surface area contributed by atoms with E-state index in [1.54, 1.807) is 11.0 Å². The van der Waals surface area contributed by atoms with E-state index in [-0.39, 0.29) is 29.7 Å². The summed E-state index contributed by atoms with van der Waals surface area (Å²) in [6.07, 6.45) is 0.944. The Labute approximate surface area is 149 Å². The second-order valence-electron chi connectivity index (χ2n) is 6.48. The van der Waals surface area contributed by atoms with Crippen molar-refractivity contribution in [2.75, 3.05) is 13.1 Å². The predicted molar refractivity (Wildman–Crippen MR) is 89.8 cm³/mol. The summed E-state index contributed by atoms with van der Waals surface area (Å²) in [5.41, 5.74) is 1.44. The Hall–Kier alpha value is -2.15. The molecule has 3 rings (SSSR count). The van der Waals surface area contributed by atoms with Gasteiger partial charge in [0.25, 0.3) is 5.91 Å². The summed E-state index contributed by atoms with van der Waals surface area (Å²) in [4.78, 5) is 36.8. The zero-order valence-electron chi connectivity index (χ0n) is 13.8. The molecule has 0 aliphatic carbocycles. The summed E-state index contributed by atoms with van der Waals surface area (Å²) >= 11 is 5.88. The fourth-order valence-electron chi connectivity index (χ4n) is 3.44. The summed E-state index contributed by atoms with van der Waals surface area (Å²) < 4.78 is 14.4. The van der Waals surface area contributed by atoms with Crippen LogP contribution in [0.1, 0.15) is 36.8 Å². The van der Waals surface area contributed by atoms with Crippen LogP contribution in [0.4, 0.5) is 9.18 Å². The van der Waals surface area contributed by atoms with Gasteiger partial charge in [-0.1, -0.05) is 24.6 Å². The van der Waals surface area contributed by atoms with Crippen molar-refractivity contribution in [3.63, 3.8) is 0 Å². The van der Waals surface area contributed by atoms with Crippen molar-refractivity contribution in [3.8, 4) is 0 Å². The monoisotopic (exact) mass is 367 g/mol. The highest BCUT2D eigenvalue weighted by molar-refractivity contribution is 6.30. The van der Waals surface area contributed by atoms with Gasteiger partial charge < -0.3 is 10.2 Å². The summed E-state index contributed by atoms with van der Waals surface area (Å²) in [5.74, 6) is -1.10. The van der Waals surface area contributed by atoms with Gasteiger partial charge in [-0.15, -0.1) is 0 Å². The van der Waals surface area contributed by atoms with Crippen LogP contribution in [-0.4, -0.2) is 41.9 Å². The highest BCUT2D eigenvalue weighted by atomic mass is 35.5. The van der Waals surface area contributed by atoms with Crippen LogP contribution in [-0.2, 0) is 16.0 Å². The van der Waals surface area contributed by atoms with E-state index in [1.807, 2.05) is 13.0 Å². The molecule has 2 atom stereocenters. The van der Waals surface area contributed by atoms with Crippen LogP contribution in [0, 0.1) is 5.82 Å². The van der Waals surface area contributed by atoms with E-state index in [0.717, 1.165) is 5.56 Å². The molecule has 2 heterocycles. The van der Waals surface area contributed by atoms with Gasteiger partial charge in [0.15, 0.2) is 0 Å². The molecule has 1 aromatic carbocycles. The number of nitrogens with zero attached hydrogens (tertiary/aromatic N) is 1. The lowest BCUT2D eigenvalue weighted by molar-refractivity contribution is -0.131. The maximum Gasteiger partial charge on any atom is 0.322 e. The van der Waals surface area contributed by atoms with Crippen LogP contribution in [0.2, 0.25) is 5.02 Å². The Morgan fingerprint density at radius 1 is 1.40 bits per heavy atom. The number of rotatable bonds is 3. The number of amides is 4. The lowest BCUT2D eigenvalue weighted by Gasteiger charge is -2.23. The third-order valence-corrected chi connectivity index (χ3v) is 5.01. The largest absolute Gasteiger partial charge is 0.342 e.